The zero-order valence-corrected chi connectivity index (χ0v) is 16.5. The van der Waals surface area contributed by atoms with Gasteiger partial charge in [0.15, 0.2) is 0 Å². The zero-order valence-electron chi connectivity index (χ0n) is 15.8. The van der Waals surface area contributed by atoms with Crippen molar-refractivity contribution in [1.29, 1.82) is 0 Å². The molecule has 0 N–H and O–H groups in total. The SMILES string of the molecule is CN(Cc1nc(-c2ccccc2Cl)no1)C(=O)C1(c2ccccc2)CCCC1. The van der Waals surface area contributed by atoms with Crippen LogP contribution in [0.4, 0.5) is 0 Å². The molecule has 1 aliphatic rings. The van der Waals surface area contributed by atoms with Crippen LogP contribution >= 0.6 is 11.6 Å². The maximum atomic E-state index is 13.4. The third kappa shape index (κ3) is 3.42. The van der Waals surface area contributed by atoms with Crippen molar-refractivity contribution in [2.75, 3.05) is 7.05 Å². The first-order chi connectivity index (χ1) is 13.6. The van der Waals surface area contributed by atoms with Crippen molar-refractivity contribution in [2.24, 2.45) is 0 Å². The average Bonchev–Trinajstić information content (AvgIpc) is 3.39. The quantitative estimate of drug-likeness (QED) is 0.619. The lowest BCUT2D eigenvalue weighted by Gasteiger charge is -2.32. The molecule has 6 heteroatoms. The minimum atomic E-state index is -0.457. The predicted molar refractivity (Wildman–Crippen MR) is 108 cm³/mol. The number of likely N-dealkylation sites (N-methyl/N-ethyl adjacent to an activating group) is 1. The van der Waals surface area contributed by atoms with Gasteiger partial charge in [-0.2, -0.15) is 4.98 Å². The van der Waals surface area contributed by atoms with Gasteiger partial charge in [0, 0.05) is 12.6 Å². The number of nitrogens with zero attached hydrogens (tertiary/aromatic N) is 3. The van der Waals surface area contributed by atoms with Gasteiger partial charge in [-0.15, -0.1) is 0 Å². The molecule has 1 heterocycles. The van der Waals surface area contributed by atoms with E-state index >= 15 is 0 Å². The van der Waals surface area contributed by atoms with E-state index in [0.29, 0.717) is 22.3 Å². The summed E-state index contributed by atoms with van der Waals surface area (Å²) in [6.07, 6.45) is 3.86. The molecule has 1 aliphatic carbocycles. The third-order valence-electron chi connectivity index (χ3n) is 5.49. The number of carbonyl (C=O) groups excluding carboxylic acids is 1. The van der Waals surface area contributed by atoms with E-state index in [1.54, 1.807) is 18.0 Å². The molecule has 0 aliphatic heterocycles. The van der Waals surface area contributed by atoms with Gasteiger partial charge in [0.25, 0.3) is 0 Å². The highest BCUT2D eigenvalue weighted by Gasteiger charge is 2.44. The molecule has 5 nitrogen and oxygen atoms in total. The van der Waals surface area contributed by atoms with Crippen molar-refractivity contribution >= 4 is 17.5 Å². The highest BCUT2D eigenvalue weighted by atomic mass is 35.5. The topological polar surface area (TPSA) is 59.2 Å². The van der Waals surface area contributed by atoms with E-state index < -0.39 is 5.41 Å². The van der Waals surface area contributed by atoms with Crippen LogP contribution < -0.4 is 0 Å². The first-order valence-corrected chi connectivity index (χ1v) is 9.86. The van der Waals surface area contributed by atoms with Gasteiger partial charge in [0.05, 0.1) is 17.0 Å². The third-order valence-corrected chi connectivity index (χ3v) is 5.82. The van der Waals surface area contributed by atoms with E-state index in [4.69, 9.17) is 16.1 Å². The van der Waals surface area contributed by atoms with Crippen LogP contribution in [0.3, 0.4) is 0 Å². The summed E-state index contributed by atoms with van der Waals surface area (Å²) in [4.78, 5) is 19.5. The minimum absolute atomic E-state index is 0.105. The first-order valence-electron chi connectivity index (χ1n) is 9.49. The lowest BCUT2D eigenvalue weighted by Crippen LogP contribution is -2.43. The molecular formula is C22H22ClN3O2. The molecule has 28 heavy (non-hydrogen) atoms. The number of rotatable bonds is 5. The Kier molecular flexibility index (Phi) is 5.18. The van der Waals surface area contributed by atoms with Gasteiger partial charge in [-0.25, -0.2) is 0 Å². The summed E-state index contributed by atoms with van der Waals surface area (Å²) in [5, 5.41) is 4.59. The molecule has 144 valence electrons. The Morgan fingerprint density at radius 2 is 1.79 bits per heavy atom. The zero-order chi connectivity index (χ0) is 19.6. The molecule has 0 saturated heterocycles. The molecule has 4 rings (SSSR count). The Morgan fingerprint density at radius 3 is 2.50 bits per heavy atom. The fourth-order valence-corrected chi connectivity index (χ4v) is 4.29. The Morgan fingerprint density at radius 1 is 1.11 bits per heavy atom. The van der Waals surface area contributed by atoms with E-state index in [0.717, 1.165) is 31.2 Å². The van der Waals surface area contributed by atoms with Crippen molar-refractivity contribution in [2.45, 2.75) is 37.6 Å². The van der Waals surface area contributed by atoms with Crippen molar-refractivity contribution in [3.8, 4) is 11.4 Å². The second kappa shape index (κ2) is 7.76. The fraction of sp³-hybridized carbons (Fsp3) is 0.318. The summed E-state index contributed by atoms with van der Waals surface area (Å²) < 4.78 is 5.38. The van der Waals surface area contributed by atoms with Gasteiger partial charge < -0.3 is 9.42 Å². The summed E-state index contributed by atoms with van der Waals surface area (Å²) in [6, 6.07) is 17.4. The van der Waals surface area contributed by atoms with Crippen LogP contribution in [-0.4, -0.2) is 28.0 Å². The van der Waals surface area contributed by atoms with Crippen LogP contribution in [0, 0.1) is 0 Å². The molecule has 2 aromatic carbocycles. The molecule has 1 saturated carbocycles. The van der Waals surface area contributed by atoms with E-state index in [-0.39, 0.29) is 12.5 Å². The van der Waals surface area contributed by atoms with E-state index in [2.05, 4.69) is 22.3 Å². The summed E-state index contributed by atoms with van der Waals surface area (Å²) in [6.45, 7) is 0.269. The standard InChI is InChI=1S/C22H22ClN3O2/c1-26(15-19-24-20(25-28-19)17-11-5-6-12-18(17)23)21(27)22(13-7-8-14-22)16-9-3-2-4-10-16/h2-6,9-12H,7-8,13-15H2,1H3. The molecule has 0 radical (unpaired) electrons. The second-order valence-corrected chi connectivity index (χ2v) is 7.72. The highest BCUT2D eigenvalue weighted by Crippen LogP contribution is 2.42. The second-order valence-electron chi connectivity index (χ2n) is 7.31. The van der Waals surface area contributed by atoms with Gasteiger partial charge in [-0.3, -0.25) is 4.79 Å². The number of halogens is 1. The largest absolute Gasteiger partial charge is 0.337 e. The number of amides is 1. The summed E-state index contributed by atoms with van der Waals surface area (Å²) in [7, 11) is 1.80. The highest BCUT2D eigenvalue weighted by molar-refractivity contribution is 6.33. The van der Waals surface area contributed by atoms with Gasteiger partial charge in [-0.1, -0.05) is 72.1 Å². The maximum absolute atomic E-state index is 13.4. The normalized spacial score (nSPS) is 15.5. The number of aromatic nitrogens is 2. The number of hydrogen-bond donors (Lipinski definition) is 0. The summed E-state index contributed by atoms with van der Waals surface area (Å²) >= 11 is 6.21. The van der Waals surface area contributed by atoms with Gasteiger partial charge >= 0.3 is 0 Å². The van der Waals surface area contributed by atoms with Gasteiger partial charge in [0.2, 0.25) is 17.6 Å². The molecule has 0 bridgehead atoms. The summed E-state index contributed by atoms with van der Waals surface area (Å²) in [5.41, 5.74) is 1.35. The van der Waals surface area contributed by atoms with Crippen LogP contribution in [0.15, 0.2) is 59.1 Å². The van der Waals surface area contributed by atoms with Crippen molar-refractivity contribution in [1.82, 2.24) is 15.0 Å². The lowest BCUT2D eigenvalue weighted by atomic mass is 9.77. The van der Waals surface area contributed by atoms with Crippen molar-refractivity contribution in [3.05, 3.63) is 71.1 Å². The van der Waals surface area contributed by atoms with E-state index in [1.807, 2.05) is 36.4 Å². The van der Waals surface area contributed by atoms with Crippen LogP contribution in [0.1, 0.15) is 37.1 Å². The minimum Gasteiger partial charge on any atom is -0.337 e. The maximum Gasteiger partial charge on any atom is 0.246 e. The Hall–Kier alpha value is -2.66. The number of hydrogen-bond acceptors (Lipinski definition) is 4. The number of benzene rings is 2. The van der Waals surface area contributed by atoms with Crippen molar-refractivity contribution in [3.63, 3.8) is 0 Å². The molecule has 0 unspecified atom stereocenters. The molecule has 3 aromatic rings. The molecule has 1 aromatic heterocycles. The Labute approximate surface area is 169 Å². The van der Waals surface area contributed by atoms with E-state index in [9.17, 15) is 4.79 Å². The first kappa shape index (κ1) is 18.7. The monoisotopic (exact) mass is 395 g/mol. The van der Waals surface area contributed by atoms with Crippen LogP contribution in [0.25, 0.3) is 11.4 Å². The molecule has 0 spiro atoms. The van der Waals surface area contributed by atoms with Crippen LogP contribution in [0.2, 0.25) is 5.02 Å². The van der Waals surface area contributed by atoms with Crippen LogP contribution in [-0.2, 0) is 16.8 Å². The average molecular weight is 396 g/mol. The molecule has 0 atom stereocenters. The predicted octanol–water partition coefficient (Wildman–Crippen LogP) is 4.86. The lowest BCUT2D eigenvalue weighted by molar-refractivity contribution is -0.136. The van der Waals surface area contributed by atoms with Crippen LogP contribution in [0.5, 0.6) is 0 Å². The fourth-order valence-electron chi connectivity index (χ4n) is 4.07. The Bertz CT molecular complexity index is 965. The summed E-state index contributed by atoms with van der Waals surface area (Å²) in [5.74, 6) is 0.931. The molecule has 1 amide bonds. The Balaban J connectivity index is 1.54. The van der Waals surface area contributed by atoms with Crippen molar-refractivity contribution < 1.29 is 9.32 Å². The molecular weight excluding hydrogens is 374 g/mol. The van der Waals surface area contributed by atoms with Gasteiger partial charge in [0.1, 0.15) is 0 Å². The van der Waals surface area contributed by atoms with Gasteiger partial charge in [-0.05, 0) is 30.5 Å². The molecule has 1 fully saturated rings. The smallest absolute Gasteiger partial charge is 0.246 e. The number of carbonyl (C=O) groups is 1. The van der Waals surface area contributed by atoms with E-state index in [1.165, 1.54) is 0 Å².